The average Bonchev–Trinajstić information content (AvgIpc) is 2.60. The van der Waals surface area contributed by atoms with Gasteiger partial charge >= 0.3 is 0 Å². The van der Waals surface area contributed by atoms with Gasteiger partial charge in [-0.2, -0.15) is 0 Å². The van der Waals surface area contributed by atoms with Crippen LogP contribution in [0, 0.1) is 0 Å². The number of para-hydroxylation sites is 1. The number of rotatable bonds is 8. The average molecular weight is 406 g/mol. The van der Waals surface area contributed by atoms with Gasteiger partial charge in [-0.3, -0.25) is 4.79 Å². The number of nitrogens with one attached hydrogen (secondary N) is 1. The highest BCUT2D eigenvalue weighted by Crippen LogP contribution is 2.25. The predicted molar refractivity (Wildman–Crippen MR) is 103 cm³/mol. The van der Waals surface area contributed by atoms with Crippen LogP contribution in [0.3, 0.4) is 0 Å². The predicted octanol–water partition coefficient (Wildman–Crippen LogP) is 4.54. The zero-order valence-electron chi connectivity index (χ0n) is 14.8. The van der Waals surface area contributed by atoms with Gasteiger partial charge in [-0.05, 0) is 48.7 Å². The van der Waals surface area contributed by atoms with E-state index in [1.807, 2.05) is 42.5 Å². The molecule has 2 aromatic rings. The summed E-state index contributed by atoms with van der Waals surface area (Å²) in [6, 6.07) is 15.4. The fourth-order valence-electron chi connectivity index (χ4n) is 2.34. The second kappa shape index (κ2) is 9.47. The van der Waals surface area contributed by atoms with E-state index in [-0.39, 0.29) is 5.91 Å². The molecule has 0 aliphatic heterocycles. The van der Waals surface area contributed by atoms with E-state index in [9.17, 15) is 4.79 Å². The van der Waals surface area contributed by atoms with Crippen molar-refractivity contribution in [2.24, 2.45) is 0 Å². The summed E-state index contributed by atoms with van der Waals surface area (Å²) in [5.41, 5.74) is 1.17. The molecule has 2 aromatic carbocycles. The van der Waals surface area contributed by atoms with E-state index in [4.69, 9.17) is 9.47 Å². The van der Waals surface area contributed by atoms with Crippen molar-refractivity contribution in [1.82, 2.24) is 5.32 Å². The van der Waals surface area contributed by atoms with Gasteiger partial charge in [0.1, 0.15) is 18.1 Å². The summed E-state index contributed by atoms with van der Waals surface area (Å²) in [7, 11) is 0. The largest absolute Gasteiger partial charge is 0.491 e. The van der Waals surface area contributed by atoms with Gasteiger partial charge in [0, 0.05) is 4.47 Å². The lowest BCUT2D eigenvalue weighted by Crippen LogP contribution is -2.38. The van der Waals surface area contributed by atoms with Crippen LogP contribution in [0.25, 0.3) is 0 Å². The molecule has 2 rings (SSSR count). The van der Waals surface area contributed by atoms with Crippen LogP contribution in [0.2, 0.25) is 0 Å². The molecule has 0 bridgehead atoms. The first-order valence-corrected chi connectivity index (χ1v) is 9.18. The SMILES string of the molecule is CC(C)c1ccccc1OCCNC(=O)[C@H](C)Oc1ccc(Br)cc1. The second-order valence-corrected chi connectivity index (χ2v) is 6.96. The first-order valence-electron chi connectivity index (χ1n) is 8.39. The van der Waals surface area contributed by atoms with Crippen LogP contribution in [0.15, 0.2) is 53.0 Å². The van der Waals surface area contributed by atoms with E-state index in [2.05, 4.69) is 41.2 Å². The fraction of sp³-hybridized carbons (Fsp3) is 0.350. The standard InChI is InChI=1S/C20H24BrNO3/c1-14(2)18-6-4-5-7-19(18)24-13-12-22-20(23)15(3)25-17-10-8-16(21)9-11-17/h4-11,14-15H,12-13H2,1-3H3,(H,22,23)/t15-/m0/s1. The van der Waals surface area contributed by atoms with Gasteiger partial charge in [-0.25, -0.2) is 0 Å². The van der Waals surface area contributed by atoms with Gasteiger partial charge < -0.3 is 14.8 Å². The number of amides is 1. The normalized spacial score (nSPS) is 11.9. The first-order chi connectivity index (χ1) is 12.0. The molecular weight excluding hydrogens is 382 g/mol. The number of halogens is 1. The number of hydrogen-bond donors (Lipinski definition) is 1. The number of ether oxygens (including phenoxy) is 2. The Hall–Kier alpha value is -2.01. The molecule has 0 unspecified atom stereocenters. The second-order valence-electron chi connectivity index (χ2n) is 6.05. The molecule has 0 fully saturated rings. The van der Waals surface area contributed by atoms with Crippen molar-refractivity contribution in [3.8, 4) is 11.5 Å². The summed E-state index contributed by atoms with van der Waals surface area (Å²) in [5.74, 6) is 1.76. The summed E-state index contributed by atoms with van der Waals surface area (Å²) < 4.78 is 12.4. The van der Waals surface area contributed by atoms with Gasteiger partial charge in [0.15, 0.2) is 6.10 Å². The Balaban J connectivity index is 1.76. The first kappa shape index (κ1) is 19.3. The highest BCUT2D eigenvalue weighted by Gasteiger charge is 2.14. The lowest BCUT2D eigenvalue weighted by molar-refractivity contribution is -0.127. The molecule has 0 aromatic heterocycles. The molecule has 134 valence electrons. The zero-order valence-corrected chi connectivity index (χ0v) is 16.4. The Labute approximate surface area is 157 Å². The van der Waals surface area contributed by atoms with E-state index < -0.39 is 6.10 Å². The van der Waals surface area contributed by atoms with E-state index >= 15 is 0 Å². The van der Waals surface area contributed by atoms with Gasteiger partial charge in [-0.15, -0.1) is 0 Å². The van der Waals surface area contributed by atoms with Crippen LogP contribution in [0.1, 0.15) is 32.3 Å². The Kier molecular flexibility index (Phi) is 7.31. The summed E-state index contributed by atoms with van der Waals surface area (Å²) in [5, 5.41) is 2.83. The van der Waals surface area contributed by atoms with Crippen molar-refractivity contribution >= 4 is 21.8 Å². The van der Waals surface area contributed by atoms with Crippen LogP contribution in [-0.4, -0.2) is 25.2 Å². The smallest absolute Gasteiger partial charge is 0.260 e. The van der Waals surface area contributed by atoms with Crippen molar-refractivity contribution in [3.63, 3.8) is 0 Å². The molecule has 0 aliphatic carbocycles. The molecule has 0 aliphatic rings. The van der Waals surface area contributed by atoms with Crippen molar-refractivity contribution in [1.29, 1.82) is 0 Å². The Morgan fingerprint density at radius 3 is 2.44 bits per heavy atom. The molecule has 1 N–H and O–H groups in total. The zero-order chi connectivity index (χ0) is 18.2. The third-order valence-corrected chi connectivity index (χ3v) is 4.22. The van der Waals surface area contributed by atoms with Crippen LogP contribution in [0.5, 0.6) is 11.5 Å². The van der Waals surface area contributed by atoms with E-state index in [0.717, 1.165) is 10.2 Å². The maximum absolute atomic E-state index is 12.1. The van der Waals surface area contributed by atoms with Gasteiger partial charge in [0.2, 0.25) is 0 Å². The van der Waals surface area contributed by atoms with Crippen LogP contribution in [0.4, 0.5) is 0 Å². The highest BCUT2D eigenvalue weighted by molar-refractivity contribution is 9.10. The van der Waals surface area contributed by atoms with Gasteiger partial charge in [-0.1, -0.05) is 48.0 Å². The molecule has 4 nitrogen and oxygen atoms in total. The third-order valence-electron chi connectivity index (χ3n) is 3.70. The lowest BCUT2D eigenvalue weighted by Gasteiger charge is -2.16. The molecule has 25 heavy (non-hydrogen) atoms. The van der Waals surface area contributed by atoms with Crippen LogP contribution >= 0.6 is 15.9 Å². The van der Waals surface area contributed by atoms with Crippen molar-refractivity contribution in [3.05, 3.63) is 58.6 Å². The minimum Gasteiger partial charge on any atom is -0.491 e. The van der Waals surface area contributed by atoms with E-state index in [1.165, 1.54) is 5.56 Å². The number of hydrogen-bond acceptors (Lipinski definition) is 3. The minimum absolute atomic E-state index is 0.163. The lowest BCUT2D eigenvalue weighted by atomic mass is 10.0. The molecule has 0 heterocycles. The highest BCUT2D eigenvalue weighted by atomic mass is 79.9. The Morgan fingerprint density at radius 2 is 1.76 bits per heavy atom. The number of carbonyl (C=O) groups is 1. The van der Waals surface area contributed by atoms with E-state index in [0.29, 0.717) is 24.8 Å². The quantitative estimate of drug-likeness (QED) is 0.655. The van der Waals surface area contributed by atoms with Crippen molar-refractivity contribution in [2.75, 3.05) is 13.2 Å². The Morgan fingerprint density at radius 1 is 1.08 bits per heavy atom. The summed E-state index contributed by atoms with van der Waals surface area (Å²) >= 11 is 3.37. The molecule has 5 heteroatoms. The maximum Gasteiger partial charge on any atom is 0.260 e. The Bertz CT molecular complexity index is 686. The number of benzene rings is 2. The molecule has 1 atom stereocenters. The maximum atomic E-state index is 12.1. The number of carbonyl (C=O) groups excluding carboxylic acids is 1. The van der Waals surface area contributed by atoms with Crippen LogP contribution in [-0.2, 0) is 4.79 Å². The molecule has 0 saturated heterocycles. The molecule has 0 radical (unpaired) electrons. The van der Waals surface area contributed by atoms with Crippen LogP contribution < -0.4 is 14.8 Å². The van der Waals surface area contributed by atoms with E-state index in [1.54, 1.807) is 6.92 Å². The van der Waals surface area contributed by atoms with Crippen molar-refractivity contribution < 1.29 is 14.3 Å². The monoisotopic (exact) mass is 405 g/mol. The molecule has 1 amide bonds. The summed E-state index contributed by atoms with van der Waals surface area (Å²) in [4.78, 5) is 12.1. The third kappa shape index (κ3) is 6.09. The van der Waals surface area contributed by atoms with Gasteiger partial charge in [0.25, 0.3) is 5.91 Å². The minimum atomic E-state index is -0.566. The fourth-order valence-corrected chi connectivity index (χ4v) is 2.60. The summed E-state index contributed by atoms with van der Waals surface area (Å²) in [6.07, 6.45) is -0.566. The van der Waals surface area contributed by atoms with Gasteiger partial charge in [0.05, 0.1) is 6.54 Å². The molecular formula is C20H24BrNO3. The van der Waals surface area contributed by atoms with Crippen molar-refractivity contribution in [2.45, 2.75) is 32.8 Å². The molecule has 0 saturated carbocycles. The summed E-state index contributed by atoms with van der Waals surface area (Å²) in [6.45, 7) is 6.84. The molecule has 0 spiro atoms. The topological polar surface area (TPSA) is 47.6 Å².